The van der Waals surface area contributed by atoms with Gasteiger partial charge in [0, 0.05) is 31.6 Å². The molecule has 0 amide bonds. The Morgan fingerprint density at radius 1 is 1.56 bits per heavy atom. The highest BCUT2D eigenvalue weighted by atomic mass is 16.3. The van der Waals surface area contributed by atoms with Crippen molar-refractivity contribution in [2.45, 2.75) is 31.8 Å². The summed E-state index contributed by atoms with van der Waals surface area (Å²) in [4.78, 5) is 18.6. The maximum Gasteiger partial charge on any atom is 0.252 e. The van der Waals surface area contributed by atoms with E-state index in [0.717, 1.165) is 25.2 Å². The third kappa shape index (κ3) is 4.12. The molecule has 0 spiro atoms. The van der Waals surface area contributed by atoms with E-state index in [0.29, 0.717) is 24.8 Å². The predicted octanol–water partition coefficient (Wildman–Crippen LogP) is 0.0296. The van der Waals surface area contributed by atoms with Crippen LogP contribution < -0.4 is 16.2 Å². The lowest BCUT2D eigenvalue weighted by Crippen LogP contribution is -2.29. The number of aliphatic hydroxyl groups is 1. The Morgan fingerprint density at radius 3 is 3.00 bits per heavy atom. The number of nitrogens with zero attached hydrogens (tertiary/aromatic N) is 1. The van der Waals surface area contributed by atoms with Crippen LogP contribution >= 0.6 is 0 Å². The molecule has 1 heterocycles. The van der Waals surface area contributed by atoms with Gasteiger partial charge < -0.3 is 20.7 Å². The first-order valence-corrected chi connectivity index (χ1v) is 6.39. The third-order valence-corrected chi connectivity index (χ3v) is 2.77. The van der Waals surface area contributed by atoms with E-state index >= 15 is 0 Å². The highest BCUT2D eigenvalue weighted by Crippen LogP contribution is 2.37. The minimum Gasteiger partial charge on any atom is -0.392 e. The molecule has 1 aliphatic carbocycles. The van der Waals surface area contributed by atoms with Crippen LogP contribution in [0.3, 0.4) is 0 Å². The summed E-state index contributed by atoms with van der Waals surface area (Å²) in [5, 5.41) is 15.3. The molecule has 1 unspecified atom stereocenters. The van der Waals surface area contributed by atoms with E-state index < -0.39 is 0 Å². The predicted molar refractivity (Wildman–Crippen MR) is 69.9 cm³/mol. The van der Waals surface area contributed by atoms with E-state index in [1.165, 1.54) is 6.07 Å². The minimum absolute atomic E-state index is 0.105. The maximum absolute atomic E-state index is 11.4. The molecule has 1 aromatic rings. The Balaban J connectivity index is 1.80. The van der Waals surface area contributed by atoms with Crippen molar-refractivity contribution in [2.24, 2.45) is 0 Å². The quantitative estimate of drug-likeness (QED) is 0.514. The number of aromatic amines is 1. The largest absolute Gasteiger partial charge is 0.392 e. The molecule has 4 N–H and O–H groups in total. The fourth-order valence-electron chi connectivity index (χ4n) is 1.71. The van der Waals surface area contributed by atoms with Crippen LogP contribution in [-0.2, 0) is 0 Å². The average molecular weight is 252 g/mol. The van der Waals surface area contributed by atoms with Gasteiger partial charge in [0.1, 0.15) is 11.6 Å². The number of hydrogen-bond donors (Lipinski definition) is 4. The van der Waals surface area contributed by atoms with Crippen LogP contribution in [0.5, 0.6) is 0 Å². The van der Waals surface area contributed by atoms with Crippen LogP contribution in [0.15, 0.2) is 10.9 Å². The van der Waals surface area contributed by atoms with Crippen molar-refractivity contribution in [3.63, 3.8) is 0 Å². The first kappa shape index (κ1) is 13.0. The van der Waals surface area contributed by atoms with Crippen LogP contribution in [0.2, 0.25) is 0 Å². The van der Waals surface area contributed by atoms with Gasteiger partial charge in [0.05, 0.1) is 6.10 Å². The first-order chi connectivity index (χ1) is 8.65. The van der Waals surface area contributed by atoms with E-state index in [9.17, 15) is 4.79 Å². The fourth-order valence-corrected chi connectivity index (χ4v) is 1.71. The number of rotatable bonds is 7. The lowest BCUT2D eigenvalue weighted by Gasteiger charge is -2.09. The Hall–Kier alpha value is -1.40. The highest BCUT2D eigenvalue weighted by Gasteiger charge is 2.26. The van der Waals surface area contributed by atoms with E-state index in [2.05, 4.69) is 20.6 Å². The summed E-state index contributed by atoms with van der Waals surface area (Å²) >= 11 is 0. The average Bonchev–Trinajstić information content (AvgIpc) is 3.11. The Morgan fingerprint density at radius 2 is 2.33 bits per heavy atom. The van der Waals surface area contributed by atoms with Gasteiger partial charge in [-0.15, -0.1) is 0 Å². The van der Waals surface area contributed by atoms with Crippen molar-refractivity contribution in [3.05, 3.63) is 22.2 Å². The van der Waals surface area contributed by atoms with E-state index in [4.69, 9.17) is 5.11 Å². The van der Waals surface area contributed by atoms with Gasteiger partial charge in [-0.05, 0) is 19.8 Å². The van der Waals surface area contributed by atoms with Gasteiger partial charge in [0.2, 0.25) is 0 Å². The molecule has 0 saturated heterocycles. The molecule has 1 atom stereocenters. The summed E-state index contributed by atoms with van der Waals surface area (Å²) in [6, 6.07) is 1.47. The first-order valence-electron chi connectivity index (χ1n) is 6.39. The fraction of sp³-hybridized carbons (Fsp3) is 0.667. The zero-order valence-electron chi connectivity index (χ0n) is 10.6. The molecule has 1 aliphatic rings. The second-order valence-corrected chi connectivity index (χ2v) is 4.77. The molecule has 2 rings (SSSR count). The highest BCUT2D eigenvalue weighted by molar-refractivity contribution is 5.33. The molecule has 0 radical (unpaired) electrons. The van der Waals surface area contributed by atoms with Crippen molar-refractivity contribution < 1.29 is 5.11 Å². The zero-order chi connectivity index (χ0) is 13.0. The molecule has 6 nitrogen and oxygen atoms in total. The van der Waals surface area contributed by atoms with Gasteiger partial charge in [-0.3, -0.25) is 4.79 Å². The van der Waals surface area contributed by atoms with E-state index in [-0.39, 0.29) is 11.7 Å². The molecule has 1 saturated carbocycles. The summed E-state index contributed by atoms with van der Waals surface area (Å²) < 4.78 is 0. The Labute approximate surface area is 106 Å². The van der Waals surface area contributed by atoms with Crippen LogP contribution in [0.25, 0.3) is 0 Å². The second kappa shape index (κ2) is 5.97. The number of hydrogen-bond acceptors (Lipinski definition) is 5. The Kier molecular flexibility index (Phi) is 4.33. The molecule has 0 aliphatic heterocycles. The van der Waals surface area contributed by atoms with Crippen molar-refractivity contribution in [2.75, 3.05) is 25.0 Å². The third-order valence-electron chi connectivity index (χ3n) is 2.77. The zero-order valence-corrected chi connectivity index (χ0v) is 10.6. The summed E-state index contributed by atoms with van der Waals surface area (Å²) in [5.41, 5.74) is -0.105. The molecule has 18 heavy (non-hydrogen) atoms. The van der Waals surface area contributed by atoms with Crippen LogP contribution in [0.4, 0.5) is 5.82 Å². The summed E-state index contributed by atoms with van der Waals surface area (Å²) in [6.45, 7) is 3.70. The van der Waals surface area contributed by atoms with Crippen LogP contribution in [-0.4, -0.2) is 40.8 Å². The number of anilines is 1. The van der Waals surface area contributed by atoms with Crippen molar-refractivity contribution in [1.29, 1.82) is 0 Å². The van der Waals surface area contributed by atoms with E-state index in [1.807, 2.05) is 0 Å². The Bertz CT molecular complexity index is 440. The normalized spacial score (nSPS) is 16.6. The standard InChI is InChI=1S/C12H20N4O2/c1-8(17)7-13-4-5-14-10-6-11(18)16-12(15-10)9-2-3-9/h6,8-9,13,17H,2-5,7H2,1H3,(H2,14,15,16,18). The second-order valence-electron chi connectivity index (χ2n) is 4.77. The summed E-state index contributed by atoms with van der Waals surface area (Å²) in [5.74, 6) is 1.86. The molecule has 1 fully saturated rings. The van der Waals surface area contributed by atoms with Crippen molar-refractivity contribution >= 4 is 5.82 Å². The maximum atomic E-state index is 11.4. The molecular weight excluding hydrogens is 232 g/mol. The number of aliphatic hydroxyl groups excluding tert-OH is 1. The van der Waals surface area contributed by atoms with Gasteiger partial charge >= 0.3 is 0 Å². The molecule has 0 aromatic carbocycles. The van der Waals surface area contributed by atoms with Crippen LogP contribution in [0, 0.1) is 0 Å². The number of H-pyrrole nitrogens is 1. The van der Waals surface area contributed by atoms with Gasteiger partial charge in [-0.25, -0.2) is 4.98 Å². The van der Waals surface area contributed by atoms with Gasteiger partial charge in [0.25, 0.3) is 5.56 Å². The number of aromatic nitrogens is 2. The molecule has 1 aromatic heterocycles. The SMILES string of the molecule is CC(O)CNCCNc1cc(=O)[nH]c(C2CC2)n1. The molecular formula is C12H20N4O2. The minimum atomic E-state index is -0.343. The summed E-state index contributed by atoms with van der Waals surface area (Å²) in [6.07, 6.45) is 1.88. The van der Waals surface area contributed by atoms with Gasteiger partial charge in [-0.1, -0.05) is 0 Å². The lowest BCUT2D eigenvalue weighted by molar-refractivity contribution is 0.192. The van der Waals surface area contributed by atoms with Crippen molar-refractivity contribution in [3.8, 4) is 0 Å². The van der Waals surface area contributed by atoms with Crippen molar-refractivity contribution in [1.82, 2.24) is 15.3 Å². The molecule has 0 bridgehead atoms. The number of nitrogens with one attached hydrogen (secondary N) is 3. The monoisotopic (exact) mass is 252 g/mol. The molecule has 6 heteroatoms. The van der Waals surface area contributed by atoms with Crippen LogP contribution in [0.1, 0.15) is 31.5 Å². The topological polar surface area (TPSA) is 90.0 Å². The molecule has 100 valence electrons. The van der Waals surface area contributed by atoms with E-state index in [1.54, 1.807) is 6.92 Å². The summed E-state index contributed by atoms with van der Waals surface area (Å²) in [7, 11) is 0. The lowest BCUT2D eigenvalue weighted by atomic mass is 10.4. The van der Waals surface area contributed by atoms with Gasteiger partial charge in [-0.2, -0.15) is 0 Å². The van der Waals surface area contributed by atoms with Gasteiger partial charge in [0.15, 0.2) is 0 Å². The smallest absolute Gasteiger partial charge is 0.252 e.